The summed E-state index contributed by atoms with van der Waals surface area (Å²) in [6.07, 6.45) is 0. The van der Waals surface area contributed by atoms with Gasteiger partial charge < -0.3 is 0 Å². The lowest BCUT2D eigenvalue weighted by atomic mass is 10.4. The molecule has 60 valence electrons. The van der Waals surface area contributed by atoms with Crippen molar-refractivity contribution in [3.63, 3.8) is 0 Å². The van der Waals surface area contributed by atoms with Crippen molar-refractivity contribution >= 4 is 34.8 Å². The van der Waals surface area contributed by atoms with Gasteiger partial charge in [-0.3, -0.25) is 0 Å². The molecule has 1 rings (SSSR count). The molecule has 0 amide bonds. The maximum atomic E-state index is 5.61. The van der Waals surface area contributed by atoms with Crippen LogP contribution in [0.3, 0.4) is 0 Å². The van der Waals surface area contributed by atoms with Gasteiger partial charge in [0.05, 0.1) is 15.1 Å². The van der Waals surface area contributed by atoms with E-state index in [1.807, 2.05) is 0 Å². The Bertz CT molecular complexity index is 213. The van der Waals surface area contributed by atoms with E-state index in [-0.39, 0.29) is 0 Å². The van der Waals surface area contributed by atoms with Crippen LogP contribution in [0.5, 0.6) is 0 Å². The van der Waals surface area contributed by atoms with Gasteiger partial charge in [-0.25, -0.2) is 0 Å². The van der Waals surface area contributed by atoms with Crippen LogP contribution in [0.2, 0.25) is 15.1 Å². The lowest BCUT2D eigenvalue weighted by molar-refractivity contribution is 1.70. The summed E-state index contributed by atoms with van der Waals surface area (Å²) in [7, 11) is 0. The van der Waals surface area contributed by atoms with Gasteiger partial charge in [-0.15, -0.1) is 13.2 Å². The zero-order valence-corrected chi connectivity index (χ0v) is 8.05. The summed E-state index contributed by atoms with van der Waals surface area (Å²) in [5.74, 6) is 0. The van der Waals surface area contributed by atoms with Crippen molar-refractivity contribution < 1.29 is 0 Å². The average molecular weight is 210 g/mol. The molecule has 0 saturated heterocycles. The second-order valence-corrected chi connectivity index (χ2v) is 2.73. The maximum Gasteiger partial charge on any atom is 0.0778 e. The molecule has 0 heterocycles. The van der Waals surface area contributed by atoms with Crippen LogP contribution >= 0.6 is 34.8 Å². The first kappa shape index (κ1) is 10.8. The van der Waals surface area contributed by atoms with Crippen molar-refractivity contribution in [3.05, 3.63) is 46.4 Å². The molecule has 0 N–H and O–H groups in total. The third kappa shape index (κ3) is 3.15. The van der Waals surface area contributed by atoms with Gasteiger partial charge in [-0.05, 0) is 12.1 Å². The Morgan fingerprint density at radius 3 is 1.55 bits per heavy atom. The lowest BCUT2D eigenvalue weighted by Crippen LogP contribution is -1.67. The van der Waals surface area contributed by atoms with E-state index in [4.69, 9.17) is 34.8 Å². The first-order valence-corrected chi connectivity index (χ1v) is 3.94. The minimum atomic E-state index is 0.417. The first-order chi connectivity index (χ1) is 5.22. The summed E-state index contributed by atoms with van der Waals surface area (Å²) in [6.45, 7) is 6.00. The van der Waals surface area contributed by atoms with E-state index in [1.165, 1.54) is 0 Å². The highest BCUT2D eigenvalue weighted by Crippen LogP contribution is 2.28. The smallest absolute Gasteiger partial charge is 0.0778 e. The van der Waals surface area contributed by atoms with Gasteiger partial charge in [-0.1, -0.05) is 40.9 Å². The Kier molecular flexibility index (Phi) is 5.39. The van der Waals surface area contributed by atoms with Gasteiger partial charge in [0.1, 0.15) is 0 Å². The molecular weight excluding hydrogens is 202 g/mol. The van der Waals surface area contributed by atoms with Crippen molar-refractivity contribution in [2.75, 3.05) is 0 Å². The molecule has 0 aliphatic heterocycles. The molecule has 11 heavy (non-hydrogen) atoms. The fourth-order valence-electron chi connectivity index (χ4n) is 0.477. The molecule has 0 bridgehead atoms. The summed E-state index contributed by atoms with van der Waals surface area (Å²) < 4.78 is 0. The molecule has 3 heteroatoms. The van der Waals surface area contributed by atoms with E-state index in [9.17, 15) is 0 Å². The van der Waals surface area contributed by atoms with E-state index in [0.29, 0.717) is 15.1 Å². The van der Waals surface area contributed by atoms with Crippen molar-refractivity contribution in [3.8, 4) is 0 Å². The minimum Gasteiger partial charge on any atom is -0.106 e. The third-order valence-corrected chi connectivity index (χ3v) is 2.14. The van der Waals surface area contributed by atoms with Crippen molar-refractivity contribution in [1.82, 2.24) is 0 Å². The van der Waals surface area contributed by atoms with Crippen LogP contribution in [0.4, 0.5) is 0 Å². The highest BCUT2D eigenvalue weighted by molar-refractivity contribution is 6.47. The van der Waals surface area contributed by atoms with Crippen LogP contribution in [-0.2, 0) is 0 Å². The van der Waals surface area contributed by atoms with E-state index in [1.54, 1.807) is 18.2 Å². The maximum absolute atomic E-state index is 5.61. The van der Waals surface area contributed by atoms with Crippen molar-refractivity contribution in [1.29, 1.82) is 0 Å². The molecule has 0 spiro atoms. The van der Waals surface area contributed by atoms with Crippen LogP contribution in [0.25, 0.3) is 0 Å². The summed E-state index contributed by atoms with van der Waals surface area (Å²) in [6, 6.07) is 5.13. The van der Waals surface area contributed by atoms with E-state index in [2.05, 4.69) is 13.2 Å². The van der Waals surface area contributed by atoms with Gasteiger partial charge in [0.25, 0.3) is 0 Å². The average Bonchev–Trinajstić information content (AvgIpc) is 2.04. The van der Waals surface area contributed by atoms with Crippen molar-refractivity contribution in [2.45, 2.75) is 0 Å². The van der Waals surface area contributed by atoms with Crippen LogP contribution in [-0.4, -0.2) is 0 Å². The minimum absolute atomic E-state index is 0.417. The summed E-state index contributed by atoms with van der Waals surface area (Å²) >= 11 is 16.8. The number of benzene rings is 1. The van der Waals surface area contributed by atoms with E-state index < -0.39 is 0 Å². The molecule has 0 aromatic heterocycles. The fraction of sp³-hybridized carbons (Fsp3) is 0. The Labute approximate surface area is 81.4 Å². The molecule has 0 unspecified atom stereocenters. The molecule has 0 nitrogen and oxygen atoms in total. The number of rotatable bonds is 0. The summed E-state index contributed by atoms with van der Waals surface area (Å²) in [5, 5.41) is 1.40. The molecule has 0 aliphatic carbocycles. The molecular formula is C8H7Cl3. The standard InChI is InChI=1S/C6H3Cl3.C2H4/c7-4-2-1-3-5(8)6(4)9;1-2/h1-3H;1-2H2. The highest BCUT2D eigenvalue weighted by Gasteiger charge is 1.98. The van der Waals surface area contributed by atoms with Gasteiger partial charge in [0.2, 0.25) is 0 Å². The lowest BCUT2D eigenvalue weighted by Gasteiger charge is -1.94. The molecule has 0 fully saturated rings. The SMILES string of the molecule is C=C.Clc1cccc(Cl)c1Cl. The van der Waals surface area contributed by atoms with Crippen LogP contribution in [0.15, 0.2) is 31.4 Å². The quantitative estimate of drug-likeness (QED) is 0.437. The number of halogens is 3. The van der Waals surface area contributed by atoms with Gasteiger partial charge in [-0.2, -0.15) is 0 Å². The molecule has 1 aromatic rings. The molecule has 0 radical (unpaired) electrons. The zero-order chi connectivity index (χ0) is 8.85. The number of hydrogen-bond donors (Lipinski definition) is 0. The van der Waals surface area contributed by atoms with E-state index in [0.717, 1.165) is 0 Å². The van der Waals surface area contributed by atoms with E-state index >= 15 is 0 Å². The van der Waals surface area contributed by atoms with Gasteiger partial charge in [0.15, 0.2) is 0 Å². The van der Waals surface area contributed by atoms with Crippen LogP contribution < -0.4 is 0 Å². The molecule has 0 aliphatic rings. The Balaban J connectivity index is 0.000000461. The van der Waals surface area contributed by atoms with Crippen molar-refractivity contribution in [2.24, 2.45) is 0 Å². The third-order valence-electron chi connectivity index (χ3n) is 0.904. The normalized spacial score (nSPS) is 8.27. The summed E-state index contributed by atoms with van der Waals surface area (Å²) in [5.41, 5.74) is 0. The first-order valence-electron chi connectivity index (χ1n) is 2.81. The topological polar surface area (TPSA) is 0 Å². The highest BCUT2D eigenvalue weighted by atomic mass is 35.5. The van der Waals surface area contributed by atoms with Gasteiger partial charge >= 0.3 is 0 Å². The summed E-state index contributed by atoms with van der Waals surface area (Å²) in [4.78, 5) is 0. The number of hydrogen-bond acceptors (Lipinski definition) is 0. The predicted molar refractivity (Wildman–Crippen MR) is 52.7 cm³/mol. The largest absolute Gasteiger partial charge is 0.106 e. The van der Waals surface area contributed by atoms with Crippen LogP contribution in [0, 0.1) is 0 Å². The van der Waals surface area contributed by atoms with Crippen LogP contribution in [0.1, 0.15) is 0 Å². The molecule has 1 aromatic carbocycles. The molecule has 0 atom stereocenters. The zero-order valence-electron chi connectivity index (χ0n) is 5.78. The Hall–Kier alpha value is -0.170. The van der Waals surface area contributed by atoms with Gasteiger partial charge in [0, 0.05) is 0 Å². The second kappa shape index (κ2) is 5.48. The Morgan fingerprint density at radius 1 is 0.909 bits per heavy atom. The fourth-order valence-corrected chi connectivity index (χ4v) is 1.00. The Morgan fingerprint density at radius 2 is 1.27 bits per heavy atom. The molecule has 0 saturated carbocycles. The predicted octanol–water partition coefficient (Wildman–Crippen LogP) is 4.45. The monoisotopic (exact) mass is 208 g/mol. The second-order valence-electron chi connectivity index (χ2n) is 1.54.